The number of aromatic nitrogens is 3. The molecule has 1 N–H and O–H groups in total. The summed E-state index contributed by atoms with van der Waals surface area (Å²) in [6, 6.07) is 4.33. The number of nitrogens with one attached hydrogen (secondary N) is 1. The van der Waals surface area contributed by atoms with Crippen molar-refractivity contribution in [1.82, 2.24) is 20.3 Å². The van der Waals surface area contributed by atoms with E-state index in [0.717, 1.165) is 29.5 Å². The first-order chi connectivity index (χ1) is 9.47. The molecule has 0 aromatic carbocycles. The van der Waals surface area contributed by atoms with Gasteiger partial charge < -0.3 is 5.32 Å². The molecular weight excluding hydrogens is 248 g/mol. The normalized spacial score (nSPS) is 12.4. The molecule has 2 heterocycles. The second-order valence-corrected chi connectivity index (χ2v) is 5.28. The van der Waals surface area contributed by atoms with E-state index in [1.807, 2.05) is 19.9 Å². The van der Waals surface area contributed by atoms with Crippen LogP contribution in [0.25, 0.3) is 0 Å². The molecule has 0 amide bonds. The first-order valence-corrected chi connectivity index (χ1v) is 6.94. The minimum absolute atomic E-state index is 0.248. The van der Waals surface area contributed by atoms with Crippen LogP contribution in [-0.4, -0.2) is 15.0 Å². The number of aryl methyl sites for hydroxylation is 4. The van der Waals surface area contributed by atoms with Gasteiger partial charge in [0.1, 0.15) is 5.82 Å². The Labute approximate surface area is 120 Å². The molecular formula is C16H22N4. The zero-order chi connectivity index (χ0) is 14.7. The molecule has 0 aliphatic heterocycles. The van der Waals surface area contributed by atoms with Crippen molar-refractivity contribution in [2.75, 3.05) is 0 Å². The van der Waals surface area contributed by atoms with E-state index >= 15 is 0 Å². The molecule has 0 aliphatic rings. The standard InChI is InChI=1S/C16H22N4/c1-10-8-11(2)19-13(4)16(10)12(3)18-9-15-6-7-17-14(5)20-15/h6-8,12,18H,9H2,1-5H3. The molecule has 0 spiro atoms. The lowest BCUT2D eigenvalue weighted by molar-refractivity contribution is 0.558. The highest BCUT2D eigenvalue weighted by molar-refractivity contribution is 5.33. The Hall–Kier alpha value is -1.81. The highest BCUT2D eigenvalue weighted by atomic mass is 15.0. The van der Waals surface area contributed by atoms with Crippen molar-refractivity contribution in [3.63, 3.8) is 0 Å². The average Bonchev–Trinajstić information content (AvgIpc) is 2.35. The lowest BCUT2D eigenvalue weighted by Crippen LogP contribution is -2.21. The predicted molar refractivity (Wildman–Crippen MR) is 80.5 cm³/mol. The third-order valence-electron chi connectivity index (χ3n) is 3.44. The lowest BCUT2D eigenvalue weighted by atomic mass is 10.0. The minimum atomic E-state index is 0.248. The third kappa shape index (κ3) is 3.39. The summed E-state index contributed by atoms with van der Waals surface area (Å²) in [6.07, 6.45) is 1.80. The smallest absolute Gasteiger partial charge is 0.125 e. The van der Waals surface area contributed by atoms with Gasteiger partial charge in [-0.05, 0) is 57.9 Å². The van der Waals surface area contributed by atoms with Gasteiger partial charge in [-0.2, -0.15) is 0 Å². The van der Waals surface area contributed by atoms with Gasteiger partial charge in [-0.1, -0.05) is 0 Å². The summed E-state index contributed by atoms with van der Waals surface area (Å²) in [5.41, 5.74) is 5.75. The predicted octanol–water partition coefficient (Wildman–Crippen LogP) is 2.96. The van der Waals surface area contributed by atoms with Gasteiger partial charge in [0.15, 0.2) is 0 Å². The summed E-state index contributed by atoms with van der Waals surface area (Å²) in [7, 11) is 0. The number of rotatable bonds is 4. The maximum absolute atomic E-state index is 4.56. The van der Waals surface area contributed by atoms with Gasteiger partial charge >= 0.3 is 0 Å². The first kappa shape index (κ1) is 14.6. The molecule has 0 bridgehead atoms. The van der Waals surface area contributed by atoms with Gasteiger partial charge in [0.2, 0.25) is 0 Å². The molecule has 4 nitrogen and oxygen atoms in total. The van der Waals surface area contributed by atoms with Crippen LogP contribution in [0, 0.1) is 27.7 Å². The summed E-state index contributed by atoms with van der Waals surface area (Å²) in [6.45, 7) is 11.1. The van der Waals surface area contributed by atoms with Crippen molar-refractivity contribution < 1.29 is 0 Å². The maximum Gasteiger partial charge on any atom is 0.125 e. The van der Waals surface area contributed by atoms with Crippen LogP contribution in [0.15, 0.2) is 18.3 Å². The zero-order valence-corrected chi connectivity index (χ0v) is 12.9. The Kier molecular flexibility index (Phi) is 4.45. The molecule has 106 valence electrons. The topological polar surface area (TPSA) is 50.7 Å². The van der Waals surface area contributed by atoms with Gasteiger partial charge in [0, 0.05) is 30.2 Å². The second kappa shape index (κ2) is 6.09. The number of hydrogen-bond acceptors (Lipinski definition) is 4. The summed E-state index contributed by atoms with van der Waals surface area (Å²) < 4.78 is 0. The van der Waals surface area contributed by atoms with E-state index in [0.29, 0.717) is 0 Å². The molecule has 2 aromatic rings. The van der Waals surface area contributed by atoms with Crippen LogP contribution < -0.4 is 5.32 Å². The highest BCUT2D eigenvalue weighted by Gasteiger charge is 2.12. The molecule has 0 saturated carbocycles. The van der Waals surface area contributed by atoms with E-state index in [1.54, 1.807) is 6.20 Å². The maximum atomic E-state index is 4.56. The Balaban J connectivity index is 2.11. The summed E-state index contributed by atoms with van der Waals surface area (Å²) in [4.78, 5) is 13.1. The number of nitrogens with zero attached hydrogens (tertiary/aromatic N) is 3. The van der Waals surface area contributed by atoms with Gasteiger partial charge in [-0.15, -0.1) is 0 Å². The molecule has 2 rings (SSSR count). The van der Waals surface area contributed by atoms with E-state index in [1.165, 1.54) is 11.1 Å². The fourth-order valence-electron chi connectivity index (χ4n) is 2.65. The van der Waals surface area contributed by atoms with Crippen molar-refractivity contribution in [2.45, 2.75) is 47.2 Å². The highest BCUT2D eigenvalue weighted by Crippen LogP contribution is 2.21. The molecule has 4 heteroatoms. The molecule has 20 heavy (non-hydrogen) atoms. The molecule has 1 atom stereocenters. The molecule has 2 aromatic heterocycles. The number of hydrogen-bond donors (Lipinski definition) is 1. The lowest BCUT2D eigenvalue weighted by Gasteiger charge is -2.19. The van der Waals surface area contributed by atoms with Gasteiger partial charge in [-0.3, -0.25) is 4.98 Å². The van der Waals surface area contributed by atoms with E-state index in [9.17, 15) is 0 Å². The molecule has 0 radical (unpaired) electrons. The third-order valence-corrected chi connectivity index (χ3v) is 3.44. The monoisotopic (exact) mass is 270 g/mol. The fourth-order valence-corrected chi connectivity index (χ4v) is 2.65. The number of pyridine rings is 1. The fraction of sp³-hybridized carbons (Fsp3) is 0.438. The van der Waals surface area contributed by atoms with Gasteiger partial charge in [-0.25, -0.2) is 9.97 Å². The van der Waals surface area contributed by atoms with Gasteiger partial charge in [0.05, 0.1) is 5.69 Å². The van der Waals surface area contributed by atoms with Crippen LogP contribution >= 0.6 is 0 Å². The van der Waals surface area contributed by atoms with Crippen LogP contribution in [0.1, 0.15) is 47.0 Å². The molecule has 0 saturated heterocycles. The SMILES string of the molecule is Cc1cc(C)c(C(C)NCc2ccnc(C)n2)c(C)n1. The Bertz CT molecular complexity index is 584. The van der Waals surface area contributed by atoms with Crippen molar-refractivity contribution >= 4 is 0 Å². The largest absolute Gasteiger partial charge is 0.304 e. The van der Waals surface area contributed by atoms with Crippen LogP contribution in [0.3, 0.4) is 0 Å². The van der Waals surface area contributed by atoms with Crippen LogP contribution in [0.4, 0.5) is 0 Å². The quantitative estimate of drug-likeness (QED) is 0.928. The van der Waals surface area contributed by atoms with Crippen molar-refractivity contribution in [3.05, 3.63) is 52.4 Å². The zero-order valence-electron chi connectivity index (χ0n) is 12.9. The van der Waals surface area contributed by atoms with E-state index in [4.69, 9.17) is 0 Å². The second-order valence-electron chi connectivity index (χ2n) is 5.28. The molecule has 0 aliphatic carbocycles. The van der Waals surface area contributed by atoms with Crippen LogP contribution in [-0.2, 0) is 6.54 Å². The Morgan fingerprint density at radius 3 is 2.55 bits per heavy atom. The molecule has 1 unspecified atom stereocenters. The van der Waals surface area contributed by atoms with Crippen molar-refractivity contribution in [1.29, 1.82) is 0 Å². The minimum Gasteiger partial charge on any atom is -0.304 e. The summed E-state index contributed by atoms with van der Waals surface area (Å²) in [5.74, 6) is 0.807. The van der Waals surface area contributed by atoms with Crippen molar-refractivity contribution in [3.8, 4) is 0 Å². The average molecular weight is 270 g/mol. The Morgan fingerprint density at radius 1 is 1.15 bits per heavy atom. The summed E-state index contributed by atoms with van der Waals surface area (Å²) in [5, 5.41) is 3.51. The first-order valence-electron chi connectivity index (χ1n) is 6.94. The Morgan fingerprint density at radius 2 is 1.90 bits per heavy atom. The summed E-state index contributed by atoms with van der Waals surface area (Å²) >= 11 is 0. The van der Waals surface area contributed by atoms with Gasteiger partial charge in [0.25, 0.3) is 0 Å². The van der Waals surface area contributed by atoms with Crippen LogP contribution in [0.5, 0.6) is 0 Å². The molecule has 0 fully saturated rings. The van der Waals surface area contributed by atoms with E-state index in [-0.39, 0.29) is 6.04 Å². The van der Waals surface area contributed by atoms with Crippen molar-refractivity contribution in [2.24, 2.45) is 0 Å². The van der Waals surface area contributed by atoms with E-state index in [2.05, 4.69) is 47.1 Å². The van der Waals surface area contributed by atoms with Crippen LogP contribution in [0.2, 0.25) is 0 Å². The van der Waals surface area contributed by atoms with E-state index < -0.39 is 0 Å².